The zero-order valence-electron chi connectivity index (χ0n) is 17.3. The molecule has 29 heavy (non-hydrogen) atoms. The van der Waals surface area contributed by atoms with Crippen LogP contribution in [0.15, 0.2) is 48.5 Å². The zero-order chi connectivity index (χ0) is 21.4. The predicted molar refractivity (Wildman–Crippen MR) is 114 cm³/mol. The van der Waals surface area contributed by atoms with E-state index in [-0.39, 0.29) is 11.8 Å². The van der Waals surface area contributed by atoms with Gasteiger partial charge in [-0.15, -0.1) is 0 Å². The summed E-state index contributed by atoms with van der Waals surface area (Å²) in [5, 5.41) is 3.61. The molecule has 1 amide bonds. The van der Waals surface area contributed by atoms with Crippen LogP contribution in [-0.4, -0.2) is 30.6 Å². The van der Waals surface area contributed by atoms with Crippen LogP contribution in [0.5, 0.6) is 5.75 Å². The SMILES string of the molecule is CCOC(=O)C(C)(C)Oc1ccc(CCNC(=O)C(C)c2ccc(Cl)cc2)cc1. The summed E-state index contributed by atoms with van der Waals surface area (Å²) in [5.74, 6) is -0.0783. The molecule has 0 fully saturated rings. The Morgan fingerprint density at radius 1 is 1.07 bits per heavy atom. The van der Waals surface area contributed by atoms with E-state index in [0.29, 0.717) is 30.3 Å². The molecular weight excluding hydrogens is 390 g/mol. The molecule has 0 aliphatic heterocycles. The Morgan fingerprint density at radius 3 is 2.28 bits per heavy atom. The number of carbonyl (C=O) groups is 2. The fraction of sp³-hybridized carbons (Fsp3) is 0.391. The van der Waals surface area contributed by atoms with Crippen molar-refractivity contribution < 1.29 is 19.1 Å². The molecule has 0 bridgehead atoms. The number of nitrogens with one attached hydrogen (secondary N) is 1. The van der Waals surface area contributed by atoms with Crippen molar-refractivity contribution in [2.45, 2.75) is 45.6 Å². The smallest absolute Gasteiger partial charge is 0.349 e. The van der Waals surface area contributed by atoms with Gasteiger partial charge in [0.2, 0.25) is 5.91 Å². The summed E-state index contributed by atoms with van der Waals surface area (Å²) >= 11 is 5.89. The molecule has 0 aliphatic carbocycles. The fourth-order valence-corrected chi connectivity index (χ4v) is 2.88. The summed E-state index contributed by atoms with van der Waals surface area (Å²) in [4.78, 5) is 24.3. The largest absolute Gasteiger partial charge is 0.476 e. The van der Waals surface area contributed by atoms with Gasteiger partial charge in [-0.1, -0.05) is 35.9 Å². The van der Waals surface area contributed by atoms with Crippen LogP contribution in [0.4, 0.5) is 0 Å². The maximum absolute atomic E-state index is 12.3. The molecule has 2 aromatic rings. The number of halogens is 1. The van der Waals surface area contributed by atoms with Gasteiger partial charge in [-0.2, -0.15) is 0 Å². The summed E-state index contributed by atoms with van der Waals surface area (Å²) in [6, 6.07) is 14.8. The maximum Gasteiger partial charge on any atom is 0.349 e. The first-order chi connectivity index (χ1) is 13.7. The first-order valence-corrected chi connectivity index (χ1v) is 10.1. The average molecular weight is 418 g/mol. The quantitative estimate of drug-likeness (QED) is 0.609. The molecule has 0 aliphatic rings. The normalized spacial score (nSPS) is 12.2. The molecule has 0 heterocycles. The standard InChI is InChI=1S/C23H28ClNO4/c1-5-28-22(27)23(3,4)29-20-12-6-17(7-13-20)14-15-25-21(26)16(2)18-8-10-19(24)11-9-18/h6-13,16H,5,14-15H2,1-4H3,(H,25,26). The van der Waals surface area contributed by atoms with Crippen LogP contribution in [-0.2, 0) is 20.7 Å². The molecular formula is C23H28ClNO4. The van der Waals surface area contributed by atoms with Gasteiger partial charge < -0.3 is 14.8 Å². The molecule has 6 heteroatoms. The number of hydrogen-bond donors (Lipinski definition) is 1. The van der Waals surface area contributed by atoms with Gasteiger partial charge in [-0.3, -0.25) is 4.79 Å². The predicted octanol–water partition coefficient (Wildman–Crippen LogP) is 4.52. The van der Waals surface area contributed by atoms with Gasteiger partial charge in [0, 0.05) is 11.6 Å². The number of esters is 1. The summed E-state index contributed by atoms with van der Waals surface area (Å²) in [6.45, 7) is 7.83. The van der Waals surface area contributed by atoms with Crippen molar-refractivity contribution in [3.05, 3.63) is 64.7 Å². The van der Waals surface area contributed by atoms with E-state index in [1.54, 1.807) is 32.9 Å². The van der Waals surface area contributed by atoms with Crippen molar-refractivity contribution in [2.24, 2.45) is 0 Å². The second-order valence-corrected chi connectivity index (χ2v) is 7.73. The monoisotopic (exact) mass is 417 g/mol. The highest BCUT2D eigenvalue weighted by Crippen LogP contribution is 2.21. The van der Waals surface area contributed by atoms with Crippen molar-refractivity contribution in [3.8, 4) is 5.75 Å². The summed E-state index contributed by atoms with van der Waals surface area (Å²) < 4.78 is 10.8. The van der Waals surface area contributed by atoms with Crippen LogP contribution in [0.25, 0.3) is 0 Å². The van der Waals surface area contributed by atoms with Crippen LogP contribution in [0.2, 0.25) is 5.02 Å². The minimum absolute atomic E-state index is 0.0246. The molecule has 5 nitrogen and oxygen atoms in total. The Morgan fingerprint density at radius 2 is 1.69 bits per heavy atom. The zero-order valence-corrected chi connectivity index (χ0v) is 18.1. The van der Waals surface area contributed by atoms with Gasteiger partial charge in [0.1, 0.15) is 5.75 Å². The minimum Gasteiger partial charge on any atom is -0.476 e. The van der Waals surface area contributed by atoms with Crippen molar-refractivity contribution in [1.29, 1.82) is 0 Å². The fourth-order valence-electron chi connectivity index (χ4n) is 2.75. The molecule has 1 N–H and O–H groups in total. The lowest BCUT2D eigenvalue weighted by Gasteiger charge is -2.24. The average Bonchev–Trinajstić information content (AvgIpc) is 2.69. The lowest BCUT2D eigenvalue weighted by Crippen LogP contribution is -2.39. The first kappa shape index (κ1) is 22.8. The number of hydrogen-bond acceptors (Lipinski definition) is 4. The molecule has 0 spiro atoms. The molecule has 156 valence electrons. The van der Waals surface area contributed by atoms with Gasteiger partial charge in [-0.25, -0.2) is 4.79 Å². The van der Waals surface area contributed by atoms with Crippen LogP contribution >= 0.6 is 11.6 Å². The minimum atomic E-state index is -1.05. The van der Waals surface area contributed by atoms with Crippen molar-refractivity contribution in [2.75, 3.05) is 13.2 Å². The second-order valence-electron chi connectivity index (χ2n) is 7.29. The molecule has 0 saturated heterocycles. The van der Waals surface area contributed by atoms with E-state index in [0.717, 1.165) is 11.1 Å². The number of carbonyl (C=O) groups excluding carboxylic acids is 2. The van der Waals surface area contributed by atoms with E-state index in [2.05, 4.69) is 5.32 Å². The summed E-state index contributed by atoms with van der Waals surface area (Å²) in [6.07, 6.45) is 0.695. The van der Waals surface area contributed by atoms with E-state index < -0.39 is 11.6 Å². The van der Waals surface area contributed by atoms with E-state index in [1.807, 2.05) is 43.3 Å². The lowest BCUT2D eigenvalue weighted by atomic mass is 10.0. The molecule has 2 rings (SSSR count). The first-order valence-electron chi connectivity index (χ1n) is 9.71. The second kappa shape index (κ2) is 10.3. The highest BCUT2D eigenvalue weighted by Gasteiger charge is 2.31. The van der Waals surface area contributed by atoms with E-state index >= 15 is 0 Å². The highest BCUT2D eigenvalue weighted by molar-refractivity contribution is 6.30. The number of benzene rings is 2. The van der Waals surface area contributed by atoms with Crippen molar-refractivity contribution in [1.82, 2.24) is 5.32 Å². The summed E-state index contributed by atoms with van der Waals surface area (Å²) in [5.41, 5.74) is 0.937. The Hall–Kier alpha value is -2.53. The van der Waals surface area contributed by atoms with Gasteiger partial charge in [0.25, 0.3) is 0 Å². The molecule has 2 aromatic carbocycles. The molecule has 1 unspecified atom stereocenters. The van der Waals surface area contributed by atoms with Crippen LogP contribution in [0.3, 0.4) is 0 Å². The molecule has 0 aromatic heterocycles. The van der Waals surface area contributed by atoms with Crippen molar-refractivity contribution in [3.63, 3.8) is 0 Å². The van der Waals surface area contributed by atoms with E-state index in [9.17, 15) is 9.59 Å². The maximum atomic E-state index is 12.3. The Bertz CT molecular complexity index is 816. The number of rotatable bonds is 9. The van der Waals surface area contributed by atoms with Gasteiger partial charge in [-0.05, 0) is 69.5 Å². The summed E-state index contributed by atoms with van der Waals surface area (Å²) in [7, 11) is 0. The van der Waals surface area contributed by atoms with Gasteiger partial charge in [0.15, 0.2) is 5.60 Å². The van der Waals surface area contributed by atoms with E-state index in [4.69, 9.17) is 21.1 Å². The van der Waals surface area contributed by atoms with E-state index in [1.165, 1.54) is 0 Å². The highest BCUT2D eigenvalue weighted by atomic mass is 35.5. The lowest BCUT2D eigenvalue weighted by molar-refractivity contribution is -0.158. The van der Waals surface area contributed by atoms with Crippen LogP contribution < -0.4 is 10.1 Å². The topological polar surface area (TPSA) is 64.6 Å². The third kappa shape index (κ3) is 6.79. The number of ether oxygens (including phenoxy) is 2. The molecule has 0 saturated carbocycles. The Kier molecular flexibility index (Phi) is 8.09. The molecule has 0 radical (unpaired) electrons. The Labute approximate surface area is 177 Å². The number of amides is 1. The molecule has 1 atom stereocenters. The van der Waals surface area contributed by atoms with Crippen LogP contribution in [0, 0.1) is 0 Å². The van der Waals surface area contributed by atoms with Crippen molar-refractivity contribution >= 4 is 23.5 Å². The van der Waals surface area contributed by atoms with Gasteiger partial charge in [0.05, 0.1) is 12.5 Å². The third-order valence-corrected chi connectivity index (χ3v) is 4.79. The third-order valence-electron chi connectivity index (χ3n) is 4.54. The Balaban J connectivity index is 1.83. The van der Waals surface area contributed by atoms with Gasteiger partial charge >= 0.3 is 5.97 Å². The van der Waals surface area contributed by atoms with Crippen LogP contribution in [0.1, 0.15) is 44.7 Å².